The van der Waals surface area contributed by atoms with Crippen LogP contribution >= 0.6 is 0 Å². The molecule has 1 saturated carbocycles. The fourth-order valence-corrected chi connectivity index (χ4v) is 2.92. The molecule has 0 heterocycles. The van der Waals surface area contributed by atoms with E-state index in [1.54, 1.807) is 19.2 Å². The highest BCUT2D eigenvalue weighted by Gasteiger charge is 2.44. The molecule has 0 radical (unpaired) electrons. The van der Waals surface area contributed by atoms with Crippen LogP contribution in [0.2, 0.25) is 0 Å². The third-order valence-electron chi connectivity index (χ3n) is 4.52. The Labute approximate surface area is 114 Å². The van der Waals surface area contributed by atoms with Crippen molar-refractivity contribution in [1.29, 1.82) is 0 Å². The van der Waals surface area contributed by atoms with Crippen LogP contribution < -0.4 is 0 Å². The Hall–Kier alpha value is -0.930. The first-order chi connectivity index (χ1) is 8.88. The SMILES string of the molecule is COC1(C(O)c2cccc(F)c2)CCC(C)(C)CC1. The van der Waals surface area contributed by atoms with Gasteiger partial charge in [-0.25, -0.2) is 4.39 Å². The summed E-state index contributed by atoms with van der Waals surface area (Å²) in [5, 5.41) is 10.6. The smallest absolute Gasteiger partial charge is 0.123 e. The molecule has 1 aromatic carbocycles. The molecule has 19 heavy (non-hydrogen) atoms. The van der Waals surface area contributed by atoms with Gasteiger partial charge in [0.2, 0.25) is 0 Å². The molecule has 1 N–H and O–H groups in total. The van der Waals surface area contributed by atoms with Gasteiger partial charge in [0.15, 0.2) is 0 Å². The van der Waals surface area contributed by atoms with Gasteiger partial charge in [0.25, 0.3) is 0 Å². The number of aliphatic hydroxyl groups excluding tert-OH is 1. The van der Waals surface area contributed by atoms with E-state index < -0.39 is 11.7 Å². The third kappa shape index (κ3) is 2.98. The number of halogens is 1. The zero-order valence-corrected chi connectivity index (χ0v) is 11.9. The van der Waals surface area contributed by atoms with E-state index in [0.29, 0.717) is 11.0 Å². The highest BCUT2D eigenvalue weighted by molar-refractivity contribution is 5.22. The van der Waals surface area contributed by atoms with Gasteiger partial charge in [-0.2, -0.15) is 0 Å². The average Bonchev–Trinajstić information content (AvgIpc) is 2.39. The van der Waals surface area contributed by atoms with Crippen molar-refractivity contribution in [2.75, 3.05) is 7.11 Å². The maximum Gasteiger partial charge on any atom is 0.123 e. The minimum atomic E-state index is -0.774. The second-order valence-corrected chi connectivity index (χ2v) is 6.39. The summed E-state index contributed by atoms with van der Waals surface area (Å²) in [5.74, 6) is -0.320. The van der Waals surface area contributed by atoms with Gasteiger partial charge in [-0.3, -0.25) is 0 Å². The van der Waals surface area contributed by atoms with Gasteiger partial charge in [-0.15, -0.1) is 0 Å². The molecule has 3 heteroatoms. The van der Waals surface area contributed by atoms with Gasteiger partial charge in [0, 0.05) is 7.11 Å². The Bertz CT molecular complexity index is 432. The number of aliphatic hydroxyl groups is 1. The van der Waals surface area contributed by atoms with E-state index in [-0.39, 0.29) is 5.82 Å². The fraction of sp³-hybridized carbons (Fsp3) is 0.625. The first-order valence-electron chi connectivity index (χ1n) is 6.87. The van der Waals surface area contributed by atoms with Crippen LogP contribution in [0.1, 0.15) is 51.2 Å². The lowest BCUT2D eigenvalue weighted by atomic mass is 9.68. The van der Waals surface area contributed by atoms with E-state index in [0.717, 1.165) is 25.7 Å². The van der Waals surface area contributed by atoms with Crippen LogP contribution in [-0.2, 0) is 4.74 Å². The van der Waals surface area contributed by atoms with Crippen LogP contribution in [0.3, 0.4) is 0 Å². The molecule has 0 spiro atoms. The molecule has 1 atom stereocenters. The molecule has 0 bridgehead atoms. The molecule has 1 fully saturated rings. The Balaban J connectivity index is 2.22. The number of benzene rings is 1. The van der Waals surface area contributed by atoms with Crippen molar-refractivity contribution in [3.05, 3.63) is 35.6 Å². The predicted octanol–water partition coefficient (Wildman–Crippen LogP) is 3.84. The summed E-state index contributed by atoms with van der Waals surface area (Å²) >= 11 is 0. The van der Waals surface area contributed by atoms with Crippen LogP contribution in [0.15, 0.2) is 24.3 Å². The number of rotatable bonds is 3. The van der Waals surface area contributed by atoms with Crippen molar-refractivity contribution in [3.63, 3.8) is 0 Å². The first-order valence-corrected chi connectivity index (χ1v) is 6.87. The third-order valence-corrected chi connectivity index (χ3v) is 4.52. The Morgan fingerprint density at radius 1 is 1.21 bits per heavy atom. The standard InChI is InChI=1S/C16H23FO2/c1-15(2)7-9-16(19-3,10-8-15)14(18)12-5-4-6-13(17)11-12/h4-6,11,14,18H,7-10H2,1-3H3. The molecule has 1 unspecified atom stereocenters. The Morgan fingerprint density at radius 3 is 2.37 bits per heavy atom. The van der Waals surface area contributed by atoms with E-state index in [4.69, 9.17) is 4.74 Å². The van der Waals surface area contributed by atoms with Crippen LogP contribution in [0.5, 0.6) is 0 Å². The maximum absolute atomic E-state index is 13.3. The van der Waals surface area contributed by atoms with Crippen LogP contribution in [0.25, 0.3) is 0 Å². The molecular formula is C16H23FO2. The highest BCUT2D eigenvalue weighted by Crippen LogP contribution is 2.47. The number of hydrogen-bond donors (Lipinski definition) is 1. The molecule has 2 rings (SSSR count). The molecule has 0 aromatic heterocycles. The lowest BCUT2D eigenvalue weighted by Crippen LogP contribution is -2.43. The summed E-state index contributed by atoms with van der Waals surface area (Å²) in [6.45, 7) is 4.47. The number of ether oxygens (including phenoxy) is 1. The molecule has 2 nitrogen and oxygen atoms in total. The summed E-state index contributed by atoms with van der Waals surface area (Å²) in [6, 6.07) is 6.17. The number of methoxy groups -OCH3 is 1. The summed E-state index contributed by atoms with van der Waals surface area (Å²) in [6.07, 6.45) is 2.84. The Morgan fingerprint density at radius 2 is 1.84 bits per heavy atom. The lowest BCUT2D eigenvalue weighted by Gasteiger charge is -2.45. The van der Waals surface area contributed by atoms with Gasteiger partial charge in [0.05, 0.1) is 5.60 Å². The molecule has 106 valence electrons. The Kier molecular flexibility index (Phi) is 3.98. The van der Waals surface area contributed by atoms with Gasteiger partial charge in [0.1, 0.15) is 11.9 Å². The normalized spacial score (nSPS) is 23.0. The number of hydrogen-bond acceptors (Lipinski definition) is 2. The predicted molar refractivity (Wildman–Crippen MR) is 73.3 cm³/mol. The van der Waals surface area contributed by atoms with Crippen LogP contribution in [0, 0.1) is 11.2 Å². The molecule has 0 aliphatic heterocycles. The van der Waals surface area contributed by atoms with Gasteiger partial charge in [-0.1, -0.05) is 26.0 Å². The van der Waals surface area contributed by atoms with Gasteiger partial charge >= 0.3 is 0 Å². The topological polar surface area (TPSA) is 29.5 Å². The highest BCUT2D eigenvalue weighted by atomic mass is 19.1. The molecule has 0 saturated heterocycles. The molecule has 1 aliphatic carbocycles. The van der Waals surface area contributed by atoms with E-state index in [1.807, 2.05) is 0 Å². The van der Waals surface area contributed by atoms with Crippen molar-refractivity contribution in [3.8, 4) is 0 Å². The molecule has 1 aliphatic rings. The van der Waals surface area contributed by atoms with Gasteiger partial charge < -0.3 is 9.84 Å². The zero-order valence-electron chi connectivity index (χ0n) is 11.9. The van der Waals surface area contributed by atoms with Crippen molar-refractivity contribution in [2.24, 2.45) is 5.41 Å². The second-order valence-electron chi connectivity index (χ2n) is 6.39. The second kappa shape index (κ2) is 5.22. The van der Waals surface area contributed by atoms with Crippen molar-refractivity contribution in [2.45, 2.75) is 51.2 Å². The summed E-state index contributed by atoms with van der Waals surface area (Å²) in [5.41, 5.74) is 0.314. The lowest BCUT2D eigenvalue weighted by molar-refractivity contribution is -0.138. The zero-order chi connectivity index (χ0) is 14.1. The van der Waals surface area contributed by atoms with E-state index in [2.05, 4.69) is 13.8 Å². The maximum atomic E-state index is 13.3. The van der Waals surface area contributed by atoms with Crippen LogP contribution in [-0.4, -0.2) is 17.8 Å². The summed E-state index contributed by atoms with van der Waals surface area (Å²) < 4.78 is 19.0. The quantitative estimate of drug-likeness (QED) is 0.900. The molecule has 1 aromatic rings. The fourth-order valence-electron chi connectivity index (χ4n) is 2.92. The van der Waals surface area contributed by atoms with Crippen molar-refractivity contribution < 1.29 is 14.2 Å². The van der Waals surface area contributed by atoms with E-state index in [9.17, 15) is 9.50 Å². The van der Waals surface area contributed by atoms with E-state index >= 15 is 0 Å². The monoisotopic (exact) mass is 266 g/mol. The largest absolute Gasteiger partial charge is 0.385 e. The van der Waals surface area contributed by atoms with Gasteiger partial charge in [-0.05, 0) is 48.8 Å². The first kappa shape index (κ1) is 14.5. The van der Waals surface area contributed by atoms with Crippen molar-refractivity contribution >= 4 is 0 Å². The minimum absolute atomic E-state index is 0.295. The van der Waals surface area contributed by atoms with Crippen LogP contribution in [0.4, 0.5) is 4.39 Å². The minimum Gasteiger partial charge on any atom is -0.385 e. The van der Waals surface area contributed by atoms with E-state index in [1.165, 1.54) is 12.1 Å². The summed E-state index contributed by atoms with van der Waals surface area (Å²) in [7, 11) is 1.64. The summed E-state index contributed by atoms with van der Waals surface area (Å²) in [4.78, 5) is 0. The molecule has 0 amide bonds. The average molecular weight is 266 g/mol. The van der Waals surface area contributed by atoms with Crippen molar-refractivity contribution in [1.82, 2.24) is 0 Å². The molecular weight excluding hydrogens is 243 g/mol.